The van der Waals surface area contributed by atoms with Crippen LogP contribution in [0.1, 0.15) is 0 Å². The third-order valence-corrected chi connectivity index (χ3v) is 0. The van der Waals surface area contributed by atoms with Crippen molar-refractivity contribution in [3.63, 3.8) is 0 Å². The number of hydrogen-bond acceptors (Lipinski definition) is 2. The van der Waals surface area contributed by atoms with Gasteiger partial charge in [0.25, 0.3) is 0 Å². The summed E-state index contributed by atoms with van der Waals surface area (Å²) >= 11 is 0. The van der Waals surface area contributed by atoms with Gasteiger partial charge in [-0.2, -0.15) is 0 Å². The minimum Gasteiger partial charge on any atom is -0.550 e. The average molecular weight is 81.0 g/mol. The third-order valence-electron chi connectivity index (χ3n) is 0. The summed E-state index contributed by atoms with van der Waals surface area (Å²) in [4.78, 5) is 8.78. The van der Waals surface area contributed by atoms with E-state index in [2.05, 4.69) is 6.92 Å². The summed E-state index contributed by atoms with van der Waals surface area (Å²) in [6, 6.07) is 0. The fourth-order valence-corrected chi connectivity index (χ4v) is 0. The second kappa shape index (κ2) is 4.47. The summed E-state index contributed by atoms with van der Waals surface area (Å²) in [7, 11) is 0. The van der Waals surface area contributed by atoms with E-state index in [-0.39, 0.29) is 29.6 Å². The van der Waals surface area contributed by atoms with E-state index in [0.29, 0.717) is 0 Å². The molecule has 0 atom stereocenters. The predicted octanol–water partition coefficient (Wildman–Crippen LogP) is -4.43. The van der Waals surface area contributed by atoms with Crippen LogP contribution in [0.4, 0.5) is 0 Å². The fraction of sp³-hybridized carbons (Fsp3) is 0. The third kappa shape index (κ3) is 123. The number of aliphatic carboxylic acids is 1. The molecule has 2 nitrogen and oxygen atoms in total. The summed E-state index contributed by atoms with van der Waals surface area (Å²) in [5.41, 5.74) is 0. The largest absolute Gasteiger partial charge is 1.00 e. The molecule has 0 aliphatic heterocycles. The smallest absolute Gasteiger partial charge is 0.550 e. The summed E-state index contributed by atoms with van der Waals surface area (Å²) in [6.07, 6.45) is 0. The number of carbonyl (C=O) groups is 1. The van der Waals surface area contributed by atoms with Crippen LogP contribution in [-0.4, -0.2) is 5.97 Å². The standard InChI is InChI=1S/C2H3O2.Na/c1-2(3)4;/h1H2,(H,3,4);/q;+1/p-1. The van der Waals surface area contributed by atoms with E-state index in [0.717, 1.165) is 0 Å². The van der Waals surface area contributed by atoms with Crippen molar-refractivity contribution >= 4 is 5.97 Å². The van der Waals surface area contributed by atoms with Gasteiger partial charge >= 0.3 is 29.6 Å². The van der Waals surface area contributed by atoms with Gasteiger partial charge in [0.1, 0.15) is 0 Å². The van der Waals surface area contributed by atoms with Crippen molar-refractivity contribution < 1.29 is 39.5 Å². The minimum absolute atomic E-state index is 0. The maximum Gasteiger partial charge on any atom is 1.00 e. The second-order valence-electron chi connectivity index (χ2n) is 0.372. The summed E-state index contributed by atoms with van der Waals surface area (Å²) in [6.45, 7) is 2.44. The molecule has 0 saturated heterocycles. The van der Waals surface area contributed by atoms with Gasteiger partial charge in [-0.15, -0.1) is 0 Å². The molecule has 3 heteroatoms. The Morgan fingerprint density at radius 1 is 1.80 bits per heavy atom. The summed E-state index contributed by atoms with van der Waals surface area (Å²) < 4.78 is 0. The van der Waals surface area contributed by atoms with Crippen LogP contribution in [0.3, 0.4) is 0 Å². The molecular weight excluding hydrogens is 79.0 g/mol. The van der Waals surface area contributed by atoms with Gasteiger partial charge in [0, 0.05) is 5.97 Å². The summed E-state index contributed by atoms with van der Waals surface area (Å²) in [5.74, 6) is -1.33. The van der Waals surface area contributed by atoms with E-state index < -0.39 is 5.97 Å². The first-order chi connectivity index (χ1) is 1.73. The van der Waals surface area contributed by atoms with Crippen molar-refractivity contribution in [2.24, 2.45) is 0 Å². The monoisotopic (exact) mass is 81.0 g/mol. The first-order valence-corrected chi connectivity index (χ1v) is 0.762. The Bertz CT molecular complexity index is 30.6. The molecule has 0 saturated carbocycles. The number of hydrogen-bond donors (Lipinski definition) is 0. The molecule has 0 unspecified atom stereocenters. The molecule has 0 aromatic rings. The fourth-order valence-electron chi connectivity index (χ4n) is 0. The van der Waals surface area contributed by atoms with Crippen LogP contribution in [0.15, 0.2) is 0 Å². The Labute approximate surface area is 52.5 Å². The van der Waals surface area contributed by atoms with Gasteiger partial charge in [0.2, 0.25) is 0 Å². The molecule has 5 heavy (non-hydrogen) atoms. The number of carbonyl (C=O) groups excluding carboxylic acids is 1. The molecule has 23 valence electrons. The van der Waals surface area contributed by atoms with Gasteiger partial charge in [0.15, 0.2) is 0 Å². The Morgan fingerprint density at radius 3 is 1.80 bits per heavy atom. The van der Waals surface area contributed by atoms with Crippen molar-refractivity contribution in [2.75, 3.05) is 0 Å². The van der Waals surface area contributed by atoms with Gasteiger partial charge in [-0.05, 0) is 6.92 Å². The zero-order valence-corrected chi connectivity index (χ0v) is 5.02. The van der Waals surface area contributed by atoms with E-state index >= 15 is 0 Å². The molecule has 0 bridgehead atoms. The second-order valence-corrected chi connectivity index (χ2v) is 0.372. The van der Waals surface area contributed by atoms with Crippen molar-refractivity contribution in [2.45, 2.75) is 0 Å². The van der Waals surface area contributed by atoms with Crippen molar-refractivity contribution in [1.82, 2.24) is 0 Å². The molecule has 0 fully saturated rings. The Hall–Kier alpha value is 0.470. The van der Waals surface area contributed by atoms with Gasteiger partial charge < -0.3 is 9.90 Å². The first kappa shape index (κ1) is 9.08. The molecule has 0 aliphatic carbocycles. The van der Waals surface area contributed by atoms with Gasteiger partial charge in [-0.3, -0.25) is 0 Å². The van der Waals surface area contributed by atoms with E-state index in [4.69, 9.17) is 9.90 Å². The van der Waals surface area contributed by atoms with Crippen molar-refractivity contribution in [3.8, 4) is 0 Å². The quantitative estimate of drug-likeness (QED) is 0.276. The van der Waals surface area contributed by atoms with E-state index in [1.165, 1.54) is 0 Å². The van der Waals surface area contributed by atoms with Crippen molar-refractivity contribution in [1.29, 1.82) is 0 Å². The minimum atomic E-state index is -1.33. The van der Waals surface area contributed by atoms with Crippen LogP contribution >= 0.6 is 0 Å². The van der Waals surface area contributed by atoms with Crippen molar-refractivity contribution in [3.05, 3.63) is 6.92 Å². The number of carboxylic acids is 1. The van der Waals surface area contributed by atoms with Crippen LogP contribution in [0.2, 0.25) is 0 Å². The van der Waals surface area contributed by atoms with E-state index in [1.807, 2.05) is 0 Å². The topological polar surface area (TPSA) is 40.1 Å². The molecule has 0 aromatic heterocycles. The van der Waals surface area contributed by atoms with Gasteiger partial charge in [-0.1, -0.05) is 0 Å². The van der Waals surface area contributed by atoms with Crippen LogP contribution in [0.5, 0.6) is 0 Å². The molecule has 0 spiro atoms. The molecule has 0 rings (SSSR count). The maximum atomic E-state index is 8.78. The predicted molar refractivity (Wildman–Crippen MR) is 10.4 cm³/mol. The molecule has 1 radical (unpaired) electrons. The van der Waals surface area contributed by atoms with E-state index in [9.17, 15) is 0 Å². The van der Waals surface area contributed by atoms with Gasteiger partial charge in [0.05, 0.1) is 0 Å². The van der Waals surface area contributed by atoms with E-state index in [1.54, 1.807) is 0 Å². The first-order valence-electron chi connectivity index (χ1n) is 0.762. The molecule has 0 heterocycles. The zero-order valence-electron chi connectivity index (χ0n) is 3.02. The zero-order chi connectivity index (χ0) is 3.58. The molecule has 0 aliphatic rings. The molecule has 0 aromatic carbocycles. The molecular formula is C2H2NaO2. The maximum absolute atomic E-state index is 8.78. The number of carboxylic acid groups (broad SMARTS) is 1. The average Bonchev–Trinajstić information content (AvgIpc) is 0.811. The number of rotatable bonds is 0. The van der Waals surface area contributed by atoms with Crippen LogP contribution in [0, 0.1) is 6.92 Å². The molecule has 0 N–H and O–H groups in total. The van der Waals surface area contributed by atoms with Crippen LogP contribution < -0.4 is 34.7 Å². The summed E-state index contributed by atoms with van der Waals surface area (Å²) in [5, 5.41) is 8.78. The van der Waals surface area contributed by atoms with Gasteiger partial charge in [-0.25, -0.2) is 0 Å². The van der Waals surface area contributed by atoms with Crippen LogP contribution in [0.25, 0.3) is 0 Å². The Morgan fingerprint density at radius 2 is 1.80 bits per heavy atom. The molecule has 0 amide bonds. The van der Waals surface area contributed by atoms with Crippen LogP contribution in [-0.2, 0) is 4.79 Å². The SMILES string of the molecule is [CH2]C(=O)[O-].[Na+]. The Kier molecular flexibility index (Phi) is 8.11. The normalized spacial score (nSPS) is 5.00. The Balaban J connectivity index is 0.